The second-order valence-corrected chi connectivity index (χ2v) is 5.09. The van der Waals surface area contributed by atoms with Crippen LogP contribution in [-0.4, -0.2) is 0 Å². The van der Waals surface area contributed by atoms with Crippen LogP contribution < -0.4 is 0 Å². The highest BCUT2D eigenvalue weighted by Crippen LogP contribution is 2.28. The Morgan fingerprint density at radius 2 is 1.69 bits per heavy atom. The summed E-state index contributed by atoms with van der Waals surface area (Å²) in [5, 5.41) is 0. The average Bonchev–Trinajstić information content (AvgIpc) is 2.29. The summed E-state index contributed by atoms with van der Waals surface area (Å²) in [6, 6.07) is 15.2. The zero-order valence-electron chi connectivity index (χ0n) is 8.95. The summed E-state index contributed by atoms with van der Waals surface area (Å²) < 4.78 is 13.8. The quantitative estimate of drug-likeness (QED) is 0.682. The minimum absolute atomic E-state index is 0.0392. The van der Waals surface area contributed by atoms with Crippen molar-refractivity contribution in [3.05, 3.63) is 59.9 Å². The van der Waals surface area contributed by atoms with Crippen LogP contribution in [0.2, 0.25) is 0 Å². The average molecular weight is 279 g/mol. The molecule has 0 nitrogen and oxygen atoms in total. The van der Waals surface area contributed by atoms with E-state index in [9.17, 15) is 4.39 Å². The lowest BCUT2D eigenvalue weighted by Crippen LogP contribution is -1.90. The summed E-state index contributed by atoms with van der Waals surface area (Å²) in [6.07, 6.45) is 0. The molecule has 0 aromatic heterocycles. The number of hydrogen-bond acceptors (Lipinski definition) is 0. The second-order valence-electron chi connectivity index (χ2n) is 3.72. The van der Waals surface area contributed by atoms with Gasteiger partial charge in [0.2, 0.25) is 0 Å². The second kappa shape index (κ2) is 4.79. The lowest BCUT2D eigenvalue weighted by atomic mass is 10.0. The molecule has 0 radical (unpaired) electrons. The summed E-state index contributed by atoms with van der Waals surface area (Å²) in [5.41, 5.74) is 2.64. The van der Waals surface area contributed by atoms with Crippen molar-refractivity contribution in [2.75, 3.05) is 0 Å². The van der Waals surface area contributed by atoms with E-state index in [1.54, 1.807) is 6.07 Å². The Morgan fingerprint density at radius 1 is 1.00 bits per heavy atom. The molecule has 2 heteroatoms. The lowest BCUT2D eigenvalue weighted by molar-refractivity contribution is 0.612. The van der Waals surface area contributed by atoms with Crippen LogP contribution in [0, 0.1) is 5.82 Å². The Morgan fingerprint density at radius 3 is 2.25 bits per heavy atom. The highest BCUT2D eigenvalue weighted by molar-refractivity contribution is 9.09. The van der Waals surface area contributed by atoms with Crippen molar-refractivity contribution in [3.63, 3.8) is 0 Å². The minimum atomic E-state index is -0.161. The van der Waals surface area contributed by atoms with E-state index in [4.69, 9.17) is 0 Å². The molecular formula is C14H12BrF. The van der Waals surface area contributed by atoms with Gasteiger partial charge in [0.25, 0.3) is 0 Å². The van der Waals surface area contributed by atoms with Gasteiger partial charge in [0.1, 0.15) is 5.82 Å². The summed E-state index contributed by atoms with van der Waals surface area (Å²) in [4.78, 5) is 0.0392. The van der Waals surface area contributed by atoms with Crippen molar-refractivity contribution in [3.8, 4) is 11.1 Å². The summed E-state index contributed by atoms with van der Waals surface area (Å²) in [6.45, 7) is 1.92. The fourth-order valence-corrected chi connectivity index (χ4v) is 2.03. The smallest absolute Gasteiger partial charge is 0.128 e. The molecule has 0 N–H and O–H groups in total. The third-order valence-corrected chi connectivity index (χ3v) is 3.03. The van der Waals surface area contributed by atoms with E-state index in [1.165, 1.54) is 0 Å². The van der Waals surface area contributed by atoms with E-state index in [0.29, 0.717) is 5.56 Å². The lowest BCUT2D eigenvalue weighted by Gasteiger charge is -2.08. The first-order valence-corrected chi connectivity index (χ1v) is 6.09. The summed E-state index contributed by atoms with van der Waals surface area (Å²) in [5.74, 6) is -0.161. The van der Waals surface area contributed by atoms with Gasteiger partial charge >= 0.3 is 0 Å². The van der Waals surface area contributed by atoms with Gasteiger partial charge in [0.15, 0.2) is 0 Å². The van der Waals surface area contributed by atoms with E-state index in [1.807, 2.05) is 49.4 Å². The molecule has 82 valence electrons. The maximum absolute atomic E-state index is 13.8. The number of benzene rings is 2. The molecular weight excluding hydrogens is 267 g/mol. The monoisotopic (exact) mass is 278 g/mol. The fourth-order valence-electron chi connectivity index (χ4n) is 1.66. The van der Waals surface area contributed by atoms with E-state index < -0.39 is 0 Å². The van der Waals surface area contributed by atoms with Crippen LogP contribution in [0.3, 0.4) is 0 Å². The van der Waals surface area contributed by atoms with Gasteiger partial charge < -0.3 is 0 Å². The van der Waals surface area contributed by atoms with Crippen LogP contribution in [-0.2, 0) is 0 Å². The zero-order chi connectivity index (χ0) is 11.5. The fraction of sp³-hybridized carbons (Fsp3) is 0.143. The first-order valence-electron chi connectivity index (χ1n) is 5.17. The first kappa shape index (κ1) is 11.3. The number of rotatable bonds is 2. The van der Waals surface area contributed by atoms with Crippen molar-refractivity contribution in [2.45, 2.75) is 11.8 Å². The van der Waals surface area contributed by atoms with E-state index in [2.05, 4.69) is 15.9 Å². The van der Waals surface area contributed by atoms with Gasteiger partial charge in [-0.05, 0) is 24.1 Å². The number of halogens is 2. The molecule has 0 aliphatic carbocycles. The maximum Gasteiger partial charge on any atom is 0.128 e. The van der Waals surface area contributed by atoms with Crippen molar-refractivity contribution in [1.29, 1.82) is 0 Å². The van der Waals surface area contributed by atoms with E-state index >= 15 is 0 Å². The number of hydrogen-bond donors (Lipinski definition) is 0. The Labute approximate surface area is 103 Å². The van der Waals surface area contributed by atoms with Crippen LogP contribution >= 0.6 is 15.9 Å². The molecule has 0 fully saturated rings. The van der Waals surface area contributed by atoms with Gasteiger partial charge in [-0.25, -0.2) is 4.39 Å². The normalized spacial score (nSPS) is 12.4. The summed E-state index contributed by atoms with van der Waals surface area (Å²) in [7, 11) is 0. The molecule has 0 bridgehead atoms. The SMILES string of the molecule is CC(Br)c1ccc(-c2ccccc2)cc1F. The van der Waals surface area contributed by atoms with Crippen LogP contribution in [0.1, 0.15) is 17.3 Å². The van der Waals surface area contributed by atoms with Gasteiger partial charge in [-0.3, -0.25) is 0 Å². The standard InChI is InChI=1S/C14H12BrF/c1-10(15)13-8-7-12(9-14(13)16)11-5-3-2-4-6-11/h2-10H,1H3. The van der Waals surface area contributed by atoms with Crippen LogP contribution in [0.5, 0.6) is 0 Å². The van der Waals surface area contributed by atoms with Crippen molar-refractivity contribution >= 4 is 15.9 Å². The maximum atomic E-state index is 13.8. The Balaban J connectivity index is 2.43. The van der Waals surface area contributed by atoms with E-state index in [0.717, 1.165) is 11.1 Å². The number of alkyl halides is 1. The Bertz CT molecular complexity index is 477. The van der Waals surface area contributed by atoms with Gasteiger partial charge in [-0.15, -0.1) is 0 Å². The van der Waals surface area contributed by atoms with E-state index in [-0.39, 0.29) is 10.6 Å². The molecule has 16 heavy (non-hydrogen) atoms. The highest BCUT2D eigenvalue weighted by Gasteiger charge is 2.08. The van der Waals surface area contributed by atoms with Crippen LogP contribution in [0.4, 0.5) is 4.39 Å². The molecule has 0 saturated heterocycles. The third-order valence-electron chi connectivity index (χ3n) is 2.54. The minimum Gasteiger partial charge on any atom is -0.207 e. The highest BCUT2D eigenvalue weighted by atomic mass is 79.9. The molecule has 2 aromatic rings. The molecule has 1 unspecified atom stereocenters. The topological polar surface area (TPSA) is 0 Å². The van der Waals surface area contributed by atoms with Crippen LogP contribution in [0.15, 0.2) is 48.5 Å². The predicted molar refractivity (Wildman–Crippen MR) is 69.2 cm³/mol. The molecule has 0 spiro atoms. The molecule has 2 aromatic carbocycles. The molecule has 0 amide bonds. The van der Waals surface area contributed by atoms with Crippen molar-refractivity contribution in [2.24, 2.45) is 0 Å². The molecule has 0 aliphatic rings. The molecule has 0 heterocycles. The Kier molecular flexibility index (Phi) is 3.39. The van der Waals surface area contributed by atoms with Crippen LogP contribution in [0.25, 0.3) is 11.1 Å². The first-order chi connectivity index (χ1) is 7.68. The largest absolute Gasteiger partial charge is 0.207 e. The summed E-state index contributed by atoms with van der Waals surface area (Å²) >= 11 is 3.37. The van der Waals surface area contributed by atoms with Gasteiger partial charge in [-0.1, -0.05) is 58.4 Å². The third kappa shape index (κ3) is 2.33. The predicted octanol–water partition coefficient (Wildman–Crippen LogP) is 4.95. The van der Waals surface area contributed by atoms with Crippen molar-refractivity contribution < 1.29 is 4.39 Å². The van der Waals surface area contributed by atoms with Crippen molar-refractivity contribution in [1.82, 2.24) is 0 Å². The molecule has 1 atom stereocenters. The van der Waals surface area contributed by atoms with Gasteiger partial charge in [-0.2, -0.15) is 0 Å². The van der Waals surface area contributed by atoms with Gasteiger partial charge in [0.05, 0.1) is 0 Å². The zero-order valence-corrected chi connectivity index (χ0v) is 10.5. The van der Waals surface area contributed by atoms with Gasteiger partial charge in [0, 0.05) is 10.4 Å². The molecule has 0 saturated carbocycles. The molecule has 0 aliphatic heterocycles. The molecule has 2 rings (SSSR count). The Hall–Kier alpha value is -1.15.